The van der Waals surface area contributed by atoms with Crippen molar-refractivity contribution in [2.75, 3.05) is 25.1 Å². The molecule has 2 amide bonds. The first kappa shape index (κ1) is 33.8. The third-order valence-electron chi connectivity index (χ3n) is 8.35. The molecule has 242 valence electrons. The summed E-state index contributed by atoms with van der Waals surface area (Å²) in [4.78, 5) is 29.7. The first-order valence-corrected chi connectivity index (χ1v) is 17.0. The van der Waals surface area contributed by atoms with Crippen molar-refractivity contribution in [3.8, 4) is 11.5 Å². The third kappa shape index (κ3) is 8.36. The van der Waals surface area contributed by atoms with Crippen molar-refractivity contribution < 1.29 is 27.5 Å². The van der Waals surface area contributed by atoms with Crippen LogP contribution in [0.3, 0.4) is 0 Å². The number of hydrogen-bond donors (Lipinski definition) is 1. The predicted molar refractivity (Wildman–Crippen MR) is 176 cm³/mol. The van der Waals surface area contributed by atoms with Crippen LogP contribution in [0.15, 0.2) is 71.6 Å². The van der Waals surface area contributed by atoms with Crippen LogP contribution in [0.2, 0.25) is 0 Å². The van der Waals surface area contributed by atoms with Gasteiger partial charge in [-0.05, 0) is 62.9 Å². The molecule has 1 atom stereocenters. The molecule has 1 aliphatic carbocycles. The highest BCUT2D eigenvalue weighted by Crippen LogP contribution is 2.34. The molecule has 10 heteroatoms. The van der Waals surface area contributed by atoms with Gasteiger partial charge in [0.05, 0.1) is 24.8 Å². The van der Waals surface area contributed by atoms with Crippen molar-refractivity contribution in [1.29, 1.82) is 0 Å². The normalized spacial score (nSPS) is 14.3. The van der Waals surface area contributed by atoms with E-state index in [-0.39, 0.29) is 29.1 Å². The number of anilines is 1. The second-order valence-electron chi connectivity index (χ2n) is 11.6. The van der Waals surface area contributed by atoms with Crippen molar-refractivity contribution in [3.05, 3.63) is 83.4 Å². The van der Waals surface area contributed by atoms with Gasteiger partial charge in [-0.25, -0.2) is 8.42 Å². The van der Waals surface area contributed by atoms with E-state index in [4.69, 9.17) is 9.47 Å². The van der Waals surface area contributed by atoms with Gasteiger partial charge in [-0.15, -0.1) is 0 Å². The second-order valence-corrected chi connectivity index (χ2v) is 13.5. The molecule has 0 radical (unpaired) electrons. The zero-order valence-corrected chi connectivity index (χ0v) is 27.7. The van der Waals surface area contributed by atoms with Crippen LogP contribution < -0.4 is 19.1 Å². The molecule has 45 heavy (non-hydrogen) atoms. The first-order chi connectivity index (χ1) is 21.6. The van der Waals surface area contributed by atoms with E-state index in [9.17, 15) is 18.0 Å². The highest BCUT2D eigenvalue weighted by atomic mass is 32.2. The van der Waals surface area contributed by atoms with Gasteiger partial charge >= 0.3 is 0 Å². The van der Waals surface area contributed by atoms with E-state index >= 15 is 0 Å². The highest BCUT2D eigenvalue weighted by molar-refractivity contribution is 7.92. The Balaban J connectivity index is 1.74. The topological polar surface area (TPSA) is 105 Å². The predicted octanol–water partition coefficient (Wildman–Crippen LogP) is 5.77. The maximum atomic E-state index is 14.4. The lowest BCUT2D eigenvalue weighted by atomic mass is 9.95. The van der Waals surface area contributed by atoms with Crippen LogP contribution in [0.25, 0.3) is 0 Å². The zero-order chi connectivity index (χ0) is 32.6. The van der Waals surface area contributed by atoms with Crippen molar-refractivity contribution >= 4 is 27.5 Å². The van der Waals surface area contributed by atoms with Crippen molar-refractivity contribution in [2.24, 2.45) is 0 Å². The molecule has 0 aromatic heterocycles. The largest absolute Gasteiger partial charge is 0.493 e. The fourth-order valence-electron chi connectivity index (χ4n) is 5.70. The van der Waals surface area contributed by atoms with Crippen LogP contribution in [0.5, 0.6) is 11.5 Å². The number of rotatable bonds is 13. The van der Waals surface area contributed by atoms with Gasteiger partial charge < -0.3 is 19.7 Å². The maximum Gasteiger partial charge on any atom is 0.264 e. The van der Waals surface area contributed by atoms with Gasteiger partial charge in [0.1, 0.15) is 12.6 Å². The fraction of sp³-hybridized carbons (Fsp3) is 0.429. The molecule has 1 saturated carbocycles. The van der Waals surface area contributed by atoms with E-state index in [1.807, 2.05) is 45.0 Å². The van der Waals surface area contributed by atoms with E-state index < -0.39 is 28.5 Å². The van der Waals surface area contributed by atoms with Crippen LogP contribution in [0.4, 0.5) is 5.69 Å². The van der Waals surface area contributed by atoms with Gasteiger partial charge in [0.2, 0.25) is 11.8 Å². The van der Waals surface area contributed by atoms with Crippen molar-refractivity contribution in [2.45, 2.75) is 82.8 Å². The summed E-state index contributed by atoms with van der Waals surface area (Å²) in [5.41, 5.74) is 3.05. The third-order valence-corrected chi connectivity index (χ3v) is 10.1. The van der Waals surface area contributed by atoms with Gasteiger partial charge in [-0.3, -0.25) is 13.9 Å². The molecular weight excluding hydrogens is 590 g/mol. The SMILES string of the molecule is CCC(C(=O)NC1CCCCC1)N(Cc1ccc(C)cc1)C(=O)CN(c1ccc(OC)c(OC)c1)S(=O)(=O)c1ccc(C)cc1. The van der Waals surface area contributed by atoms with Gasteiger partial charge in [0, 0.05) is 18.7 Å². The Bertz CT molecular complexity index is 1550. The molecule has 0 spiro atoms. The minimum Gasteiger partial charge on any atom is -0.493 e. The molecule has 0 heterocycles. The zero-order valence-electron chi connectivity index (χ0n) is 26.9. The number of carbonyl (C=O) groups excluding carboxylic acids is 2. The molecule has 1 fully saturated rings. The average Bonchev–Trinajstić information content (AvgIpc) is 3.04. The van der Waals surface area contributed by atoms with Gasteiger partial charge in [0.25, 0.3) is 10.0 Å². The Kier molecular flexibility index (Phi) is 11.5. The second kappa shape index (κ2) is 15.3. The number of ether oxygens (including phenoxy) is 2. The van der Waals surface area contributed by atoms with Crippen LogP contribution >= 0.6 is 0 Å². The summed E-state index contributed by atoms with van der Waals surface area (Å²) in [6.45, 7) is 5.36. The Morgan fingerprint density at radius 1 is 0.867 bits per heavy atom. The van der Waals surface area contributed by atoms with E-state index in [1.54, 1.807) is 24.3 Å². The number of sulfonamides is 1. The smallest absolute Gasteiger partial charge is 0.264 e. The molecule has 4 rings (SSSR count). The standard InChI is InChI=1S/C35H45N3O6S/c1-6-31(35(40)36-28-10-8-7-9-11-28)37(23-27-16-12-25(2)13-17-27)34(39)24-38(29-18-21-32(43-4)33(22-29)44-5)45(41,42)30-19-14-26(3)15-20-30/h12-22,28,31H,6-11,23-24H2,1-5H3,(H,36,40). The number of amides is 2. The van der Waals surface area contributed by atoms with Crippen molar-refractivity contribution in [1.82, 2.24) is 10.2 Å². The van der Waals surface area contributed by atoms with Crippen LogP contribution in [-0.2, 0) is 26.2 Å². The quantitative estimate of drug-likeness (QED) is 0.256. The Morgan fingerprint density at radius 2 is 1.47 bits per heavy atom. The number of nitrogens with one attached hydrogen (secondary N) is 1. The number of benzene rings is 3. The maximum absolute atomic E-state index is 14.4. The summed E-state index contributed by atoms with van der Waals surface area (Å²) in [5.74, 6) is 0.0312. The van der Waals surface area contributed by atoms with Crippen LogP contribution in [-0.4, -0.2) is 58.0 Å². The summed E-state index contributed by atoms with van der Waals surface area (Å²) >= 11 is 0. The first-order valence-electron chi connectivity index (χ1n) is 15.5. The minimum atomic E-state index is -4.21. The molecule has 1 unspecified atom stereocenters. The lowest BCUT2D eigenvalue weighted by Crippen LogP contribution is -2.54. The summed E-state index contributed by atoms with van der Waals surface area (Å²) in [7, 11) is -1.25. The van der Waals surface area contributed by atoms with E-state index in [0.29, 0.717) is 17.9 Å². The molecule has 9 nitrogen and oxygen atoms in total. The summed E-state index contributed by atoms with van der Waals surface area (Å²) in [6.07, 6.45) is 5.47. The van der Waals surface area contributed by atoms with Gasteiger partial charge in [-0.1, -0.05) is 73.7 Å². The van der Waals surface area contributed by atoms with Crippen molar-refractivity contribution in [3.63, 3.8) is 0 Å². The van der Waals surface area contributed by atoms with E-state index in [0.717, 1.165) is 53.1 Å². The Hall–Kier alpha value is -4.05. The highest BCUT2D eigenvalue weighted by Gasteiger charge is 2.34. The van der Waals surface area contributed by atoms with Crippen LogP contribution in [0.1, 0.15) is 62.1 Å². The number of hydrogen-bond acceptors (Lipinski definition) is 6. The Labute approximate surface area is 267 Å². The van der Waals surface area contributed by atoms with E-state index in [2.05, 4.69) is 5.32 Å². The molecule has 0 saturated heterocycles. The van der Waals surface area contributed by atoms with E-state index in [1.165, 1.54) is 37.3 Å². The molecule has 1 N–H and O–H groups in total. The summed E-state index contributed by atoms with van der Waals surface area (Å²) in [5, 5.41) is 3.18. The lowest BCUT2D eigenvalue weighted by Gasteiger charge is -2.34. The van der Waals surface area contributed by atoms with Crippen LogP contribution in [0, 0.1) is 13.8 Å². The minimum absolute atomic E-state index is 0.0443. The number of carbonyl (C=O) groups is 2. The monoisotopic (exact) mass is 635 g/mol. The number of nitrogens with zero attached hydrogens (tertiary/aromatic N) is 2. The average molecular weight is 636 g/mol. The summed E-state index contributed by atoms with van der Waals surface area (Å²) in [6, 6.07) is 18.3. The lowest BCUT2D eigenvalue weighted by molar-refractivity contribution is -0.140. The van der Waals surface area contributed by atoms with Gasteiger partial charge in [-0.2, -0.15) is 0 Å². The fourth-order valence-corrected chi connectivity index (χ4v) is 7.11. The number of methoxy groups -OCH3 is 2. The molecule has 0 aliphatic heterocycles. The molecular formula is C35H45N3O6S. The molecule has 3 aromatic rings. The molecule has 1 aliphatic rings. The molecule has 3 aromatic carbocycles. The summed E-state index contributed by atoms with van der Waals surface area (Å²) < 4.78 is 40.3. The van der Waals surface area contributed by atoms with Gasteiger partial charge in [0.15, 0.2) is 11.5 Å². The molecule has 0 bridgehead atoms. The number of aryl methyl sites for hydroxylation is 2. The Morgan fingerprint density at radius 3 is 2.04 bits per heavy atom.